The fourth-order valence-corrected chi connectivity index (χ4v) is 3.31. The van der Waals surface area contributed by atoms with Gasteiger partial charge >= 0.3 is 0 Å². The van der Waals surface area contributed by atoms with Crippen LogP contribution in [0.2, 0.25) is 0 Å². The number of halogens is 2. The zero-order chi connectivity index (χ0) is 17.4. The highest BCUT2D eigenvalue weighted by Gasteiger charge is 2.20. The average molecular weight is 541 g/mol. The predicted octanol–water partition coefficient (Wildman–Crippen LogP) is 3.95. The van der Waals surface area contributed by atoms with E-state index < -0.39 is 0 Å². The maximum Gasteiger partial charge on any atom is 0.191 e. The quantitative estimate of drug-likeness (QED) is 0.325. The summed E-state index contributed by atoms with van der Waals surface area (Å²) in [7, 11) is 1.85. The molecule has 0 spiro atoms. The molecule has 0 amide bonds. The molecule has 1 aromatic rings. The van der Waals surface area contributed by atoms with Gasteiger partial charge in [0.15, 0.2) is 5.96 Å². The third-order valence-electron chi connectivity index (χ3n) is 4.43. The Kier molecular flexibility index (Phi) is 11.4. The molecule has 0 aliphatic carbocycles. The number of thioether (sulfide) groups is 1. The monoisotopic (exact) mass is 540 g/mol. The van der Waals surface area contributed by atoms with Crippen molar-refractivity contribution in [2.45, 2.75) is 37.6 Å². The Labute approximate surface area is 182 Å². The summed E-state index contributed by atoms with van der Waals surface area (Å²) in [4.78, 5) is 6.89. The summed E-state index contributed by atoms with van der Waals surface area (Å²) in [5.74, 6) is 0.933. The van der Waals surface area contributed by atoms with Crippen molar-refractivity contribution in [1.82, 2.24) is 15.5 Å². The van der Waals surface area contributed by atoms with Gasteiger partial charge in [0.2, 0.25) is 0 Å². The molecule has 25 heavy (non-hydrogen) atoms. The molecule has 0 saturated carbocycles. The highest BCUT2D eigenvalue weighted by Crippen LogP contribution is 2.16. The number of benzene rings is 1. The number of hydrogen-bond acceptors (Lipinski definition) is 3. The highest BCUT2D eigenvalue weighted by molar-refractivity contribution is 14.0. The second-order valence-electron chi connectivity index (χ2n) is 6.32. The van der Waals surface area contributed by atoms with Crippen LogP contribution in [0.3, 0.4) is 0 Å². The largest absolute Gasteiger partial charge is 0.355 e. The lowest BCUT2D eigenvalue weighted by Gasteiger charge is -2.33. The molecule has 1 aliphatic heterocycles. The summed E-state index contributed by atoms with van der Waals surface area (Å²) < 4.78 is 1.14. The molecule has 1 unspecified atom stereocenters. The molecule has 0 radical (unpaired) electrons. The third kappa shape index (κ3) is 8.49. The van der Waals surface area contributed by atoms with E-state index in [1.54, 1.807) is 0 Å². The maximum absolute atomic E-state index is 4.35. The summed E-state index contributed by atoms with van der Waals surface area (Å²) in [5.41, 5.74) is 1.38. The van der Waals surface area contributed by atoms with Gasteiger partial charge in [-0.05, 0) is 36.8 Å². The van der Waals surface area contributed by atoms with Crippen molar-refractivity contribution in [2.24, 2.45) is 4.99 Å². The number of guanidine groups is 1. The Morgan fingerprint density at radius 3 is 2.52 bits per heavy atom. The number of hydrogen-bond donors (Lipinski definition) is 2. The van der Waals surface area contributed by atoms with E-state index in [-0.39, 0.29) is 24.0 Å². The normalized spacial score (nSPS) is 17.7. The SMILES string of the molecule is CN=C(NCC(C)SC)NC1CCN(Cc2ccc(Br)cc2)CC1.I. The van der Waals surface area contributed by atoms with E-state index >= 15 is 0 Å². The first-order chi connectivity index (χ1) is 11.6. The van der Waals surface area contributed by atoms with Gasteiger partial charge in [-0.2, -0.15) is 11.8 Å². The Morgan fingerprint density at radius 2 is 1.96 bits per heavy atom. The Bertz CT molecular complexity index is 518. The van der Waals surface area contributed by atoms with Gasteiger partial charge in [0.25, 0.3) is 0 Å². The summed E-state index contributed by atoms with van der Waals surface area (Å²) in [5, 5.41) is 7.59. The lowest BCUT2D eigenvalue weighted by molar-refractivity contribution is 0.198. The number of nitrogens with one attached hydrogen (secondary N) is 2. The topological polar surface area (TPSA) is 39.7 Å². The Morgan fingerprint density at radius 1 is 1.32 bits per heavy atom. The van der Waals surface area contributed by atoms with Crippen molar-refractivity contribution in [3.8, 4) is 0 Å². The van der Waals surface area contributed by atoms with Crippen molar-refractivity contribution in [1.29, 1.82) is 0 Å². The van der Waals surface area contributed by atoms with Gasteiger partial charge in [0.05, 0.1) is 0 Å². The highest BCUT2D eigenvalue weighted by atomic mass is 127. The zero-order valence-electron chi connectivity index (χ0n) is 15.3. The lowest BCUT2D eigenvalue weighted by atomic mass is 10.0. The molecule has 1 saturated heterocycles. The lowest BCUT2D eigenvalue weighted by Crippen LogP contribution is -2.49. The molecule has 2 rings (SSSR count). The van der Waals surface area contributed by atoms with Crippen molar-refractivity contribution in [2.75, 3.05) is 32.9 Å². The molecule has 0 aromatic heterocycles. The smallest absolute Gasteiger partial charge is 0.191 e. The minimum atomic E-state index is 0. The maximum atomic E-state index is 4.35. The second-order valence-corrected chi connectivity index (χ2v) is 8.51. The molecule has 1 heterocycles. The fourth-order valence-electron chi connectivity index (χ4n) is 2.80. The van der Waals surface area contributed by atoms with Crippen LogP contribution in [-0.4, -0.2) is 55.1 Å². The molecular formula is C18H30BrIN4S. The first kappa shape index (κ1) is 23.0. The van der Waals surface area contributed by atoms with E-state index in [0.29, 0.717) is 11.3 Å². The van der Waals surface area contributed by atoms with E-state index in [1.165, 1.54) is 5.56 Å². The summed E-state index contributed by atoms with van der Waals surface area (Å²) in [6.07, 6.45) is 4.47. The molecule has 0 bridgehead atoms. The molecule has 1 atom stereocenters. The average Bonchev–Trinajstić information content (AvgIpc) is 2.61. The van der Waals surface area contributed by atoms with Gasteiger partial charge in [-0.25, -0.2) is 0 Å². The number of nitrogens with zero attached hydrogens (tertiary/aromatic N) is 2. The summed E-state index contributed by atoms with van der Waals surface area (Å²) >= 11 is 5.36. The van der Waals surface area contributed by atoms with Gasteiger partial charge in [0, 0.05) is 49.0 Å². The fraction of sp³-hybridized carbons (Fsp3) is 0.611. The van der Waals surface area contributed by atoms with Crippen LogP contribution in [0.25, 0.3) is 0 Å². The molecule has 4 nitrogen and oxygen atoms in total. The van der Waals surface area contributed by atoms with Crippen LogP contribution in [0.15, 0.2) is 33.7 Å². The minimum absolute atomic E-state index is 0. The van der Waals surface area contributed by atoms with Crippen LogP contribution in [0, 0.1) is 0 Å². The van der Waals surface area contributed by atoms with E-state index in [0.717, 1.165) is 49.5 Å². The van der Waals surface area contributed by atoms with E-state index in [9.17, 15) is 0 Å². The first-order valence-electron chi connectivity index (χ1n) is 8.57. The number of aliphatic imine (C=N–C) groups is 1. The molecule has 142 valence electrons. The number of likely N-dealkylation sites (tertiary alicyclic amines) is 1. The van der Waals surface area contributed by atoms with Crippen LogP contribution < -0.4 is 10.6 Å². The third-order valence-corrected chi connectivity index (χ3v) is 5.93. The Balaban J connectivity index is 0.00000312. The molecule has 1 aliphatic rings. The van der Waals surface area contributed by atoms with Gasteiger partial charge in [-0.15, -0.1) is 24.0 Å². The predicted molar refractivity (Wildman–Crippen MR) is 125 cm³/mol. The van der Waals surface area contributed by atoms with E-state index in [4.69, 9.17) is 0 Å². The molecule has 2 N–H and O–H groups in total. The van der Waals surface area contributed by atoms with Crippen molar-refractivity contribution in [3.63, 3.8) is 0 Å². The molecule has 1 fully saturated rings. The van der Waals surface area contributed by atoms with Gasteiger partial charge in [0.1, 0.15) is 0 Å². The molecule has 1 aromatic carbocycles. The first-order valence-corrected chi connectivity index (χ1v) is 10.7. The minimum Gasteiger partial charge on any atom is -0.355 e. The zero-order valence-corrected chi connectivity index (χ0v) is 20.0. The standard InChI is InChI=1S/C18H29BrN4S.HI/c1-14(24-3)12-21-18(20-2)22-17-8-10-23(11-9-17)13-15-4-6-16(19)7-5-15;/h4-7,14,17H,8-13H2,1-3H3,(H2,20,21,22);1H. The molecule has 7 heteroatoms. The van der Waals surface area contributed by atoms with Gasteiger partial charge in [-0.3, -0.25) is 9.89 Å². The van der Waals surface area contributed by atoms with Crippen molar-refractivity contribution >= 4 is 57.6 Å². The van der Waals surface area contributed by atoms with E-state index in [1.807, 2.05) is 18.8 Å². The van der Waals surface area contributed by atoms with Crippen LogP contribution in [0.4, 0.5) is 0 Å². The summed E-state index contributed by atoms with van der Waals surface area (Å²) in [6.45, 7) is 6.48. The number of piperidine rings is 1. The van der Waals surface area contributed by atoms with Crippen LogP contribution in [0.1, 0.15) is 25.3 Å². The number of rotatable bonds is 6. The van der Waals surface area contributed by atoms with Gasteiger partial charge in [-0.1, -0.05) is 35.0 Å². The van der Waals surface area contributed by atoms with Crippen LogP contribution >= 0.6 is 51.7 Å². The molecular weight excluding hydrogens is 511 g/mol. The summed E-state index contributed by atoms with van der Waals surface area (Å²) in [6, 6.07) is 9.16. The van der Waals surface area contributed by atoms with Gasteiger partial charge < -0.3 is 10.6 Å². The van der Waals surface area contributed by atoms with Crippen molar-refractivity contribution < 1.29 is 0 Å². The van der Waals surface area contributed by atoms with Crippen LogP contribution in [-0.2, 0) is 6.54 Å². The van der Waals surface area contributed by atoms with Crippen molar-refractivity contribution in [3.05, 3.63) is 34.3 Å². The van der Waals surface area contributed by atoms with Crippen LogP contribution in [0.5, 0.6) is 0 Å². The Hall–Kier alpha value is 0.01000. The van der Waals surface area contributed by atoms with E-state index in [2.05, 4.69) is 73.9 Å². The second kappa shape index (κ2) is 12.4.